The van der Waals surface area contributed by atoms with E-state index in [-0.39, 0.29) is 29.9 Å². The number of esters is 1. The summed E-state index contributed by atoms with van der Waals surface area (Å²) in [6.07, 6.45) is -4.58. The molecular formula is C32H42F3NO7. The highest BCUT2D eigenvalue weighted by Gasteiger charge is 2.91. The molecule has 0 aromatic heterocycles. The van der Waals surface area contributed by atoms with Crippen LogP contribution in [-0.2, 0) is 25.1 Å². The van der Waals surface area contributed by atoms with E-state index in [9.17, 15) is 28.2 Å². The van der Waals surface area contributed by atoms with Gasteiger partial charge < -0.3 is 29.2 Å². The number of methoxy groups -OCH3 is 3. The monoisotopic (exact) mass is 609 g/mol. The van der Waals surface area contributed by atoms with Crippen molar-refractivity contribution < 1.29 is 47.1 Å². The lowest BCUT2D eigenvalue weighted by Gasteiger charge is -2.69. The highest BCUT2D eigenvalue weighted by Crippen LogP contribution is 2.80. The number of carbonyl (C=O) groups excluding carboxylic acids is 1. The van der Waals surface area contributed by atoms with Gasteiger partial charge in [-0.15, -0.1) is 0 Å². The number of benzene rings is 1. The fraction of sp³-hybridized carbons (Fsp3) is 0.781. The van der Waals surface area contributed by atoms with Gasteiger partial charge in [-0.05, 0) is 55.3 Å². The number of likely N-dealkylation sites (N-methyl/N-ethyl adjacent to an activating group) is 1. The van der Waals surface area contributed by atoms with Crippen LogP contribution >= 0.6 is 0 Å². The van der Waals surface area contributed by atoms with Crippen molar-refractivity contribution in [1.29, 1.82) is 0 Å². The number of alkyl halides is 3. The van der Waals surface area contributed by atoms with Crippen LogP contribution in [0.15, 0.2) is 24.3 Å². The third kappa shape index (κ3) is 3.42. The summed E-state index contributed by atoms with van der Waals surface area (Å²) in [6, 6.07) is 3.56. The van der Waals surface area contributed by atoms with Crippen LogP contribution in [0.2, 0.25) is 0 Å². The van der Waals surface area contributed by atoms with Crippen molar-refractivity contribution in [3.05, 3.63) is 35.4 Å². The van der Waals surface area contributed by atoms with Crippen molar-refractivity contribution in [2.75, 3.05) is 34.4 Å². The predicted molar refractivity (Wildman–Crippen MR) is 147 cm³/mol. The molecule has 6 fully saturated rings. The molecule has 5 saturated carbocycles. The fourth-order valence-corrected chi connectivity index (χ4v) is 11.9. The first-order chi connectivity index (χ1) is 20.3. The molecule has 5 aliphatic carbocycles. The molecule has 8 nitrogen and oxygen atoms in total. The third-order valence-corrected chi connectivity index (χ3v) is 12.9. The molecule has 7 bridgehead atoms. The van der Waals surface area contributed by atoms with Crippen molar-refractivity contribution in [3.63, 3.8) is 0 Å². The maximum absolute atomic E-state index is 13.8. The smallest absolute Gasteiger partial charge is 0.416 e. The summed E-state index contributed by atoms with van der Waals surface area (Å²) in [5.41, 5.74) is -6.04. The average Bonchev–Trinajstić information content (AvgIpc) is 3.39. The first-order valence-electron chi connectivity index (χ1n) is 15.4. The lowest BCUT2D eigenvalue weighted by Crippen LogP contribution is -2.81. The van der Waals surface area contributed by atoms with E-state index in [0.717, 1.165) is 25.0 Å². The molecule has 43 heavy (non-hydrogen) atoms. The zero-order chi connectivity index (χ0) is 30.9. The van der Waals surface area contributed by atoms with Crippen molar-refractivity contribution in [3.8, 4) is 0 Å². The second-order valence-electron chi connectivity index (χ2n) is 14.2. The van der Waals surface area contributed by atoms with Crippen LogP contribution in [0.25, 0.3) is 0 Å². The normalized spacial score (nSPS) is 49.7. The van der Waals surface area contributed by atoms with Crippen LogP contribution in [0, 0.1) is 34.5 Å². The number of aliphatic hydroxyl groups is 2. The molecule has 13 atom stereocenters. The number of rotatable bonds is 6. The molecule has 0 amide bonds. The van der Waals surface area contributed by atoms with E-state index in [1.165, 1.54) is 12.1 Å². The fourth-order valence-electron chi connectivity index (χ4n) is 11.9. The van der Waals surface area contributed by atoms with Gasteiger partial charge in [0.15, 0.2) is 0 Å². The molecule has 11 heteroatoms. The zero-order valence-corrected chi connectivity index (χ0v) is 25.3. The summed E-state index contributed by atoms with van der Waals surface area (Å²) in [4.78, 5) is 16.1. The van der Waals surface area contributed by atoms with E-state index in [1.54, 1.807) is 21.3 Å². The minimum atomic E-state index is -4.64. The van der Waals surface area contributed by atoms with Crippen molar-refractivity contribution in [1.82, 2.24) is 4.90 Å². The van der Waals surface area contributed by atoms with Crippen molar-refractivity contribution >= 4 is 5.97 Å². The van der Waals surface area contributed by atoms with Crippen LogP contribution in [0.1, 0.15) is 55.5 Å². The number of likely N-dealkylation sites (tertiary alicyclic amines) is 1. The van der Waals surface area contributed by atoms with E-state index in [0.29, 0.717) is 19.5 Å². The van der Waals surface area contributed by atoms with Crippen molar-refractivity contribution in [2.24, 2.45) is 34.5 Å². The molecule has 238 valence electrons. The Morgan fingerprint density at radius 2 is 1.88 bits per heavy atom. The Balaban J connectivity index is 1.45. The standard InChI is InChI=1S/C32H42F3NO7/c1-6-36-15-28(2)11-10-21(41-4)30-19-13-18-20(40-3)14-29(38,22(19)23(18)42-5)31(39,27(30)36)25(24(28)30)43-26(37)16-8-7-9-17(12-16)32(33,34)35/h7-9,12,18-25,27,38-39H,6,10-11,13-15H2,1-5H3/t18-,19-,20+,21+,22-,23+,24-,25+,27-,28+,29-,30+,31+/m1/s1. The Morgan fingerprint density at radius 1 is 1.14 bits per heavy atom. The van der Waals surface area contributed by atoms with Crippen LogP contribution in [0.3, 0.4) is 0 Å². The van der Waals surface area contributed by atoms with Gasteiger partial charge in [0.1, 0.15) is 17.3 Å². The van der Waals surface area contributed by atoms with E-state index < -0.39 is 75.9 Å². The zero-order valence-electron chi connectivity index (χ0n) is 25.3. The van der Waals surface area contributed by atoms with Crippen LogP contribution < -0.4 is 0 Å². The summed E-state index contributed by atoms with van der Waals surface area (Å²) in [6.45, 7) is 5.43. The van der Waals surface area contributed by atoms with Gasteiger partial charge in [-0.25, -0.2) is 4.79 Å². The minimum absolute atomic E-state index is 0.00944. The lowest BCUT2D eigenvalue weighted by atomic mass is 9.43. The summed E-state index contributed by atoms with van der Waals surface area (Å²) in [5, 5.41) is 26.4. The number of hydrogen-bond acceptors (Lipinski definition) is 8. The highest BCUT2D eigenvalue weighted by molar-refractivity contribution is 5.90. The minimum Gasteiger partial charge on any atom is -0.455 e. The summed E-state index contributed by atoms with van der Waals surface area (Å²) >= 11 is 0. The van der Waals surface area contributed by atoms with Gasteiger partial charge in [0.05, 0.1) is 35.5 Å². The van der Waals surface area contributed by atoms with Gasteiger partial charge >= 0.3 is 12.1 Å². The molecular weight excluding hydrogens is 567 g/mol. The molecule has 1 saturated heterocycles. The second-order valence-corrected chi connectivity index (χ2v) is 14.2. The van der Waals surface area contributed by atoms with E-state index in [2.05, 4.69) is 11.8 Å². The SMILES string of the molecule is CCN1C[C@]2(C)CC[C@H](OC)[C@]34[C@@H]5C[C@H]6[C@H](OC)[C@@H]5[C@](O)(C[C@@H]6OC)[C@@](O)([C@H]13)[C@@H](OC(=O)c1cccc(C(F)(F)F)c1)[C@H]24. The number of fused-ring (bicyclic) bond motifs is 2. The van der Waals surface area contributed by atoms with Gasteiger partial charge in [-0.3, -0.25) is 4.90 Å². The highest BCUT2D eigenvalue weighted by atomic mass is 19.4. The molecule has 1 spiro atoms. The molecule has 1 aromatic carbocycles. The van der Waals surface area contributed by atoms with Gasteiger partial charge in [-0.1, -0.05) is 19.9 Å². The van der Waals surface area contributed by atoms with Crippen LogP contribution in [-0.4, -0.2) is 97.2 Å². The van der Waals surface area contributed by atoms with Crippen LogP contribution in [0.4, 0.5) is 13.2 Å². The Morgan fingerprint density at radius 3 is 2.51 bits per heavy atom. The summed E-state index contributed by atoms with van der Waals surface area (Å²) in [5.74, 6) is -1.93. The number of hydrogen-bond donors (Lipinski definition) is 2. The molecule has 0 radical (unpaired) electrons. The maximum Gasteiger partial charge on any atom is 0.416 e. The molecule has 1 heterocycles. The first-order valence-corrected chi connectivity index (χ1v) is 15.4. The van der Waals surface area contributed by atoms with E-state index >= 15 is 0 Å². The third-order valence-electron chi connectivity index (χ3n) is 12.9. The number of halogens is 3. The van der Waals surface area contributed by atoms with Gasteiger partial charge in [0.2, 0.25) is 0 Å². The molecule has 6 aliphatic rings. The Kier molecular flexibility index (Phi) is 6.53. The van der Waals surface area contributed by atoms with Gasteiger partial charge in [0.25, 0.3) is 0 Å². The van der Waals surface area contributed by atoms with Crippen LogP contribution in [0.5, 0.6) is 0 Å². The average molecular weight is 610 g/mol. The molecule has 7 rings (SSSR count). The topological polar surface area (TPSA) is 97.7 Å². The molecule has 1 aliphatic heterocycles. The Hall–Kier alpha value is -1.76. The predicted octanol–water partition coefficient (Wildman–Crippen LogP) is 3.53. The lowest BCUT2D eigenvalue weighted by molar-refractivity contribution is -0.317. The van der Waals surface area contributed by atoms with E-state index in [1.807, 2.05) is 6.92 Å². The summed E-state index contributed by atoms with van der Waals surface area (Å²) < 4.78 is 65.4. The van der Waals surface area contributed by atoms with Crippen molar-refractivity contribution in [2.45, 2.75) is 87.4 Å². The largest absolute Gasteiger partial charge is 0.455 e. The second kappa shape index (κ2) is 9.39. The Labute approximate surface area is 249 Å². The van der Waals surface area contributed by atoms with Gasteiger partial charge in [0, 0.05) is 57.5 Å². The van der Waals surface area contributed by atoms with E-state index in [4.69, 9.17) is 18.9 Å². The number of nitrogens with zero attached hydrogens (tertiary/aromatic N) is 1. The number of carbonyl (C=O) groups is 1. The Bertz CT molecular complexity index is 1310. The molecule has 2 N–H and O–H groups in total. The molecule has 0 unspecified atom stereocenters. The number of piperidine rings is 1. The summed E-state index contributed by atoms with van der Waals surface area (Å²) in [7, 11) is 4.91. The first kappa shape index (κ1) is 29.9. The molecule has 1 aromatic rings. The quantitative estimate of drug-likeness (QED) is 0.473. The number of ether oxygens (including phenoxy) is 4. The maximum atomic E-state index is 13.8. The van der Waals surface area contributed by atoms with Gasteiger partial charge in [-0.2, -0.15) is 13.2 Å².